The average molecular weight is 193 g/mol. The fourth-order valence-corrected chi connectivity index (χ4v) is 1.50. The molecule has 1 heterocycles. The highest BCUT2D eigenvalue weighted by atomic mass is 19.3. The van der Waals surface area contributed by atoms with Crippen LogP contribution in [-0.4, -0.2) is 17.9 Å². The summed E-state index contributed by atoms with van der Waals surface area (Å²) in [7, 11) is 0. The molecule has 1 aliphatic heterocycles. The molecular formula is C9H17F2NO. The van der Waals surface area contributed by atoms with Crippen LogP contribution in [0.4, 0.5) is 8.78 Å². The standard InChI is InChI=1S/C7H11F2NO.C2H6/c1-3-5-4(2)10-6(11)7(5,8)9;1-2/h4-5H,3H2,1-2H3,(H,10,11);1-2H3. The largest absolute Gasteiger partial charge is 0.348 e. The van der Waals surface area contributed by atoms with Crippen LogP contribution in [0.3, 0.4) is 0 Å². The molecule has 2 unspecified atom stereocenters. The number of amides is 1. The normalized spacial score (nSPS) is 30.5. The summed E-state index contributed by atoms with van der Waals surface area (Å²) in [6.07, 6.45) is 0.326. The van der Waals surface area contributed by atoms with Gasteiger partial charge in [0.1, 0.15) is 0 Å². The van der Waals surface area contributed by atoms with Crippen LogP contribution in [0.1, 0.15) is 34.1 Å². The molecule has 78 valence electrons. The van der Waals surface area contributed by atoms with Crippen molar-refractivity contribution >= 4 is 5.91 Å². The quantitative estimate of drug-likeness (QED) is 0.679. The highest BCUT2D eigenvalue weighted by molar-refractivity contribution is 5.86. The molecule has 0 aromatic rings. The van der Waals surface area contributed by atoms with Crippen LogP contribution in [0.15, 0.2) is 0 Å². The fourth-order valence-electron chi connectivity index (χ4n) is 1.50. The van der Waals surface area contributed by atoms with Crippen LogP contribution in [0, 0.1) is 5.92 Å². The summed E-state index contributed by atoms with van der Waals surface area (Å²) >= 11 is 0. The van der Waals surface area contributed by atoms with E-state index in [0.29, 0.717) is 6.42 Å². The Labute approximate surface area is 77.7 Å². The first-order valence-electron chi connectivity index (χ1n) is 4.69. The molecular weight excluding hydrogens is 176 g/mol. The van der Waals surface area contributed by atoms with Crippen molar-refractivity contribution in [2.24, 2.45) is 5.92 Å². The summed E-state index contributed by atoms with van der Waals surface area (Å²) in [6.45, 7) is 7.27. The molecule has 1 rings (SSSR count). The molecule has 0 bridgehead atoms. The summed E-state index contributed by atoms with van der Waals surface area (Å²) in [4.78, 5) is 10.6. The van der Waals surface area contributed by atoms with Gasteiger partial charge in [-0.05, 0) is 13.3 Å². The molecule has 4 heteroatoms. The van der Waals surface area contributed by atoms with Gasteiger partial charge in [0.15, 0.2) is 0 Å². The molecule has 0 aromatic carbocycles. The summed E-state index contributed by atoms with van der Waals surface area (Å²) < 4.78 is 25.7. The highest BCUT2D eigenvalue weighted by Gasteiger charge is 2.54. The summed E-state index contributed by atoms with van der Waals surface area (Å²) in [5, 5.41) is 2.22. The maximum atomic E-state index is 12.8. The fraction of sp³-hybridized carbons (Fsp3) is 0.889. The van der Waals surface area contributed by atoms with Crippen molar-refractivity contribution in [1.29, 1.82) is 0 Å². The van der Waals surface area contributed by atoms with Crippen LogP contribution in [0.25, 0.3) is 0 Å². The molecule has 13 heavy (non-hydrogen) atoms. The van der Waals surface area contributed by atoms with Gasteiger partial charge in [-0.2, -0.15) is 8.78 Å². The lowest BCUT2D eigenvalue weighted by molar-refractivity contribution is -0.144. The third kappa shape index (κ3) is 2.17. The predicted molar refractivity (Wildman–Crippen MR) is 47.7 cm³/mol. The van der Waals surface area contributed by atoms with Crippen LogP contribution >= 0.6 is 0 Å². The maximum Gasteiger partial charge on any atom is 0.329 e. The Bertz CT molecular complexity index is 182. The second kappa shape index (κ2) is 4.53. The van der Waals surface area contributed by atoms with E-state index in [1.807, 2.05) is 13.8 Å². The van der Waals surface area contributed by atoms with E-state index in [1.165, 1.54) is 0 Å². The number of carbonyl (C=O) groups excluding carboxylic acids is 1. The molecule has 1 amide bonds. The van der Waals surface area contributed by atoms with Gasteiger partial charge in [0.05, 0.1) is 5.92 Å². The zero-order valence-electron chi connectivity index (χ0n) is 8.53. The molecule has 2 atom stereocenters. The van der Waals surface area contributed by atoms with Crippen molar-refractivity contribution in [2.75, 3.05) is 0 Å². The molecule has 0 aliphatic carbocycles. The maximum absolute atomic E-state index is 12.8. The average Bonchev–Trinajstić information content (AvgIpc) is 2.26. The van der Waals surface area contributed by atoms with Gasteiger partial charge < -0.3 is 5.32 Å². The molecule has 0 radical (unpaired) electrons. The number of alkyl halides is 2. The lowest BCUT2D eigenvalue weighted by Crippen LogP contribution is -2.32. The second-order valence-corrected chi connectivity index (χ2v) is 2.90. The predicted octanol–water partition coefficient (Wildman–Crippen LogP) is 2.19. The van der Waals surface area contributed by atoms with Gasteiger partial charge in [-0.15, -0.1) is 0 Å². The van der Waals surface area contributed by atoms with E-state index in [2.05, 4.69) is 5.32 Å². The Kier molecular flexibility index (Phi) is 4.30. The smallest absolute Gasteiger partial charge is 0.329 e. The lowest BCUT2D eigenvalue weighted by atomic mass is 9.96. The number of halogens is 2. The van der Waals surface area contributed by atoms with Gasteiger partial charge in [0.2, 0.25) is 0 Å². The molecule has 1 fully saturated rings. The minimum atomic E-state index is -3.16. The molecule has 0 saturated carbocycles. The first-order valence-corrected chi connectivity index (χ1v) is 4.69. The second-order valence-electron chi connectivity index (χ2n) is 2.90. The van der Waals surface area contributed by atoms with E-state index in [1.54, 1.807) is 13.8 Å². The van der Waals surface area contributed by atoms with Crippen molar-refractivity contribution in [1.82, 2.24) is 5.32 Å². The zero-order valence-corrected chi connectivity index (χ0v) is 8.53. The van der Waals surface area contributed by atoms with Gasteiger partial charge in [-0.25, -0.2) is 0 Å². The Balaban J connectivity index is 0.000000671. The van der Waals surface area contributed by atoms with E-state index < -0.39 is 23.8 Å². The minimum Gasteiger partial charge on any atom is -0.348 e. The highest BCUT2D eigenvalue weighted by Crippen LogP contribution is 2.35. The van der Waals surface area contributed by atoms with Gasteiger partial charge in [-0.1, -0.05) is 20.8 Å². The lowest BCUT2D eigenvalue weighted by Gasteiger charge is -2.16. The van der Waals surface area contributed by atoms with E-state index >= 15 is 0 Å². The monoisotopic (exact) mass is 193 g/mol. The molecule has 2 nitrogen and oxygen atoms in total. The first kappa shape index (κ1) is 12.3. The van der Waals surface area contributed by atoms with Crippen molar-refractivity contribution in [2.45, 2.75) is 46.1 Å². The van der Waals surface area contributed by atoms with Crippen molar-refractivity contribution in [3.63, 3.8) is 0 Å². The van der Waals surface area contributed by atoms with Gasteiger partial charge in [0, 0.05) is 6.04 Å². The Morgan fingerprint density at radius 2 is 1.92 bits per heavy atom. The van der Waals surface area contributed by atoms with Crippen molar-refractivity contribution in [3.8, 4) is 0 Å². The van der Waals surface area contributed by atoms with E-state index in [9.17, 15) is 13.6 Å². The first-order chi connectivity index (χ1) is 6.00. The van der Waals surface area contributed by atoms with Crippen LogP contribution in [0.5, 0.6) is 0 Å². The molecule has 1 N–H and O–H groups in total. The summed E-state index contributed by atoms with van der Waals surface area (Å²) in [5.74, 6) is -5.12. The molecule has 0 spiro atoms. The number of hydrogen-bond acceptors (Lipinski definition) is 1. The van der Waals surface area contributed by atoms with Gasteiger partial charge in [-0.3, -0.25) is 4.79 Å². The van der Waals surface area contributed by atoms with E-state index in [4.69, 9.17) is 0 Å². The number of hydrogen-bond donors (Lipinski definition) is 1. The number of carbonyl (C=O) groups is 1. The van der Waals surface area contributed by atoms with Crippen LogP contribution in [-0.2, 0) is 4.79 Å². The Hall–Kier alpha value is -0.670. The van der Waals surface area contributed by atoms with E-state index in [0.717, 1.165) is 0 Å². The number of nitrogens with one attached hydrogen (secondary N) is 1. The number of rotatable bonds is 1. The van der Waals surface area contributed by atoms with E-state index in [-0.39, 0.29) is 0 Å². The van der Waals surface area contributed by atoms with Crippen molar-refractivity contribution in [3.05, 3.63) is 0 Å². The Morgan fingerprint density at radius 1 is 1.46 bits per heavy atom. The summed E-state index contributed by atoms with van der Waals surface area (Å²) in [6, 6.07) is -0.400. The molecule has 0 aromatic heterocycles. The topological polar surface area (TPSA) is 29.1 Å². The van der Waals surface area contributed by atoms with Crippen LogP contribution < -0.4 is 5.32 Å². The van der Waals surface area contributed by atoms with Gasteiger partial charge in [0.25, 0.3) is 5.91 Å². The minimum absolute atomic E-state index is 0.326. The Morgan fingerprint density at radius 3 is 2.08 bits per heavy atom. The SMILES string of the molecule is CC.CCC1C(C)NC(=O)C1(F)F. The van der Waals surface area contributed by atoms with Gasteiger partial charge >= 0.3 is 5.92 Å². The molecule has 1 saturated heterocycles. The van der Waals surface area contributed by atoms with Crippen molar-refractivity contribution < 1.29 is 13.6 Å². The molecule has 1 aliphatic rings. The van der Waals surface area contributed by atoms with Crippen LogP contribution in [0.2, 0.25) is 0 Å². The third-order valence-electron chi connectivity index (χ3n) is 2.17. The zero-order chi connectivity index (χ0) is 10.6. The third-order valence-corrected chi connectivity index (χ3v) is 2.17. The summed E-state index contributed by atoms with van der Waals surface area (Å²) in [5.41, 5.74) is 0.